The van der Waals surface area contributed by atoms with Crippen LogP contribution in [0.1, 0.15) is 20.3 Å². The maximum absolute atomic E-state index is 12.7. The van der Waals surface area contributed by atoms with E-state index in [1.54, 1.807) is 13.3 Å². The van der Waals surface area contributed by atoms with E-state index in [-0.39, 0.29) is 11.9 Å². The summed E-state index contributed by atoms with van der Waals surface area (Å²) >= 11 is 1.36. The molecule has 0 saturated heterocycles. The number of hydrogen-bond donors (Lipinski definition) is 0. The Kier molecular flexibility index (Phi) is 5.83. The van der Waals surface area contributed by atoms with Gasteiger partial charge in [-0.15, -0.1) is 0 Å². The Bertz CT molecular complexity index is 604. The molecule has 22 heavy (non-hydrogen) atoms. The molecule has 0 fully saturated rings. The Morgan fingerprint density at radius 3 is 2.68 bits per heavy atom. The Labute approximate surface area is 135 Å². The molecule has 1 aliphatic rings. The molecular formula is C17H20N2O2S. The van der Waals surface area contributed by atoms with Gasteiger partial charge in [0.2, 0.25) is 5.91 Å². The van der Waals surface area contributed by atoms with Crippen LogP contribution in [0.25, 0.3) is 0 Å². The summed E-state index contributed by atoms with van der Waals surface area (Å²) in [7, 11) is 1.63. The fourth-order valence-electron chi connectivity index (χ4n) is 2.22. The minimum Gasteiger partial charge on any atom is -0.497 e. The first-order chi connectivity index (χ1) is 10.6. The number of nitrogens with zero attached hydrogens (tertiary/aromatic N) is 2. The molecule has 1 heterocycles. The molecule has 0 unspecified atom stereocenters. The average molecular weight is 316 g/mol. The number of rotatable bonds is 5. The molecule has 0 aliphatic carbocycles. The predicted octanol–water partition coefficient (Wildman–Crippen LogP) is 4.00. The van der Waals surface area contributed by atoms with E-state index in [0.29, 0.717) is 6.42 Å². The summed E-state index contributed by atoms with van der Waals surface area (Å²) in [5, 5.41) is 1.88. The minimum atomic E-state index is 0.0661. The molecule has 0 saturated carbocycles. The molecule has 0 aromatic heterocycles. The van der Waals surface area contributed by atoms with Crippen molar-refractivity contribution in [3.63, 3.8) is 0 Å². The van der Waals surface area contributed by atoms with Gasteiger partial charge >= 0.3 is 0 Å². The van der Waals surface area contributed by atoms with Gasteiger partial charge < -0.3 is 9.64 Å². The fraction of sp³-hybridized carbons (Fsp3) is 0.294. The van der Waals surface area contributed by atoms with E-state index >= 15 is 0 Å². The minimum absolute atomic E-state index is 0.0661. The second kappa shape index (κ2) is 7.84. The van der Waals surface area contributed by atoms with Gasteiger partial charge in [0.15, 0.2) is 0 Å². The Balaban J connectivity index is 2.17. The van der Waals surface area contributed by atoms with Gasteiger partial charge in [-0.3, -0.25) is 4.79 Å². The maximum Gasteiger partial charge on any atom is 0.231 e. The lowest BCUT2D eigenvalue weighted by Crippen LogP contribution is -2.37. The third kappa shape index (κ3) is 4.24. The van der Waals surface area contributed by atoms with Crippen molar-refractivity contribution in [2.75, 3.05) is 12.0 Å². The maximum atomic E-state index is 12.7. The zero-order chi connectivity index (χ0) is 15.9. The molecule has 4 nitrogen and oxygen atoms in total. The van der Waals surface area contributed by atoms with E-state index in [9.17, 15) is 4.79 Å². The van der Waals surface area contributed by atoms with Crippen LogP contribution in [0.5, 0.6) is 5.75 Å². The summed E-state index contributed by atoms with van der Waals surface area (Å²) < 4.78 is 9.24. The summed E-state index contributed by atoms with van der Waals surface area (Å²) in [6.45, 7) is 4.02. The lowest BCUT2D eigenvalue weighted by Gasteiger charge is -2.27. The van der Waals surface area contributed by atoms with Crippen molar-refractivity contribution in [1.29, 1.82) is 0 Å². The number of amides is 1. The third-order valence-corrected chi connectivity index (χ3v) is 3.75. The fourth-order valence-corrected chi connectivity index (χ4v) is 2.66. The van der Waals surface area contributed by atoms with Gasteiger partial charge in [-0.1, -0.05) is 6.08 Å². The Morgan fingerprint density at radius 1 is 1.32 bits per heavy atom. The summed E-state index contributed by atoms with van der Waals surface area (Å²) in [5.74, 6) is 0.846. The molecule has 0 bridgehead atoms. The third-order valence-electron chi connectivity index (χ3n) is 3.24. The van der Waals surface area contributed by atoms with Gasteiger partial charge in [0.05, 0.1) is 13.5 Å². The molecule has 1 aromatic carbocycles. The van der Waals surface area contributed by atoms with E-state index in [1.165, 1.54) is 11.9 Å². The summed E-state index contributed by atoms with van der Waals surface area (Å²) in [5.41, 5.74) is 1.83. The lowest BCUT2D eigenvalue weighted by molar-refractivity contribution is -0.118. The quantitative estimate of drug-likeness (QED) is 0.771. The monoisotopic (exact) mass is 316 g/mol. The van der Waals surface area contributed by atoms with Crippen molar-refractivity contribution in [1.82, 2.24) is 0 Å². The van der Waals surface area contributed by atoms with E-state index in [2.05, 4.69) is 4.40 Å². The van der Waals surface area contributed by atoms with Crippen LogP contribution in [0, 0.1) is 0 Å². The number of methoxy groups -OCH3 is 1. The summed E-state index contributed by atoms with van der Waals surface area (Å²) in [6.07, 6.45) is 5.89. The van der Waals surface area contributed by atoms with Gasteiger partial charge in [-0.25, -0.2) is 4.40 Å². The van der Waals surface area contributed by atoms with Crippen LogP contribution in [-0.4, -0.2) is 25.3 Å². The highest BCUT2D eigenvalue weighted by Gasteiger charge is 2.19. The highest BCUT2D eigenvalue weighted by molar-refractivity contribution is 8.01. The van der Waals surface area contributed by atoms with Gasteiger partial charge in [0.1, 0.15) is 5.75 Å². The predicted molar refractivity (Wildman–Crippen MR) is 93.5 cm³/mol. The molecule has 1 aromatic rings. The number of carbonyl (C=O) groups excluding carboxylic acids is 1. The first kappa shape index (κ1) is 16.4. The van der Waals surface area contributed by atoms with Gasteiger partial charge in [0, 0.05) is 29.9 Å². The van der Waals surface area contributed by atoms with Crippen molar-refractivity contribution in [2.45, 2.75) is 26.3 Å². The van der Waals surface area contributed by atoms with Crippen LogP contribution in [-0.2, 0) is 4.79 Å². The van der Waals surface area contributed by atoms with Crippen LogP contribution >= 0.6 is 11.9 Å². The second-order valence-electron chi connectivity index (χ2n) is 5.14. The van der Waals surface area contributed by atoms with Crippen LogP contribution < -0.4 is 9.64 Å². The van der Waals surface area contributed by atoms with Crippen molar-refractivity contribution in [3.8, 4) is 5.75 Å². The van der Waals surface area contributed by atoms with Crippen molar-refractivity contribution in [2.24, 2.45) is 4.40 Å². The number of ether oxygens (including phenoxy) is 1. The zero-order valence-electron chi connectivity index (χ0n) is 13.0. The molecule has 5 heteroatoms. The zero-order valence-corrected chi connectivity index (χ0v) is 13.8. The standard InChI is InChI=1S/C17H20N2O2S/c1-13(2)19(15-4-6-16(21-3)7-5-15)17(20)12-14-8-10-18-22-11-9-14/h4-11,13H,12H2,1-3H3. The first-order valence-corrected chi connectivity index (χ1v) is 7.96. The summed E-state index contributed by atoms with van der Waals surface area (Å²) in [6, 6.07) is 7.63. The number of hydrogen-bond acceptors (Lipinski definition) is 4. The molecule has 0 atom stereocenters. The SMILES string of the molecule is COc1ccc(N(C(=O)CC2=CC=NSC=C2)C(C)C)cc1. The Morgan fingerprint density at radius 2 is 2.05 bits per heavy atom. The Hall–Kier alpha value is -2.01. The molecule has 0 spiro atoms. The van der Waals surface area contributed by atoms with Crippen LogP contribution in [0.3, 0.4) is 0 Å². The van der Waals surface area contributed by atoms with Gasteiger partial charge in [-0.05, 0) is 55.2 Å². The number of anilines is 1. The van der Waals surface area contributed by atoms with E-state index < -0.39 is 0 Å². The molecule has 0 N–H and O–H groups in total. The molecular weight excluding hydrogens is 296 g/mol. The van der Waals surface area contributed by atoms with Crippen LogP contribution in [0.4, 0.5) is 5.69 Å². The van der Waals surface area contributed by atoms with Gasteiger partial charge in [-0.2, -0.15) is 0 Å². The molecule has 116 valence electrons. The van der Waals surface area contributed by atoms with Crippen molar-refractivity contribution < 1.29 is 9.53 Å². The van der Waals surface area contributed by atoms with E-state index in [1.807, 2.05) is 60.6 Å². The topological polar surface area (TPSA) is 41.9 Å². The molecule has 2 rings (SSSR count). The van der Waals surface area contributed by atoms with E-state index in [0.717, 1.165) is 17.0 Å². The van der Waals surface area contributed by atoms with E-state index in [4.69, 9.17) is 4.74 Å². The smallest absolute Gasteiger partial charge is 0.231 e. The first-order valence-electron chi connectivity index (χ1n) is 7.13. The van der Waals surface area contributed by atoms with Gasteiger partial charge in [0.25, 0.3) is 0 Å². The van der Waals surface area contributed by atoms with Crippen LogP contribution in [0.2, 0.25) is 0 Å². The lowest BCUT2D eigenvalue weighted by atomic mass is 10.1. The van der Waals surface area contributed by atoms with Crippen molar-refractivity contribution >= 4 is 29.8 Å². The number of benzene rings is 1. The second-order valence-corrected chi connectivity index (χ2v) is 5.83. The number of allylic oxidation sites excluding steroid dienone is 2. The highest BCUT2D eigenvalue weighted by atomic mass is 32.2. The summed E-state index contributed by atoms with van der Waals surface area (Å²) in [4.78, 5) is 14.5. The largest absolute Gasteiger partial charge is 0.497 e. The normalized spacial score (nSPS) is 13.7. The van der Waals surface area contributed by atoms with Crippen LogP contribution in [0.15, 0.2) is 51.8 Å². The average Bonchev–Trinajstić information content (AvgIpc) is 2.76. The molecule has 0 radical (unpaired) electrons. The molecule has 1 amide bonds. The van der Waals surface area contributed by atoms with Crippen molar-refractivity contribution in [3.05, 3.63) is 47.4 Å². The number of carbonyl (C=O) groups is 1. The molecule has 1 aliphatic heterocycles. The highest BCUT2D eigenvalue weighted by Crippen LogP contribution is 2.23.